The lowest BCUT2D eigenvalue weighted by molar-refractivity contribution is 0.123. The van der Waals surface area contributed by atoms with E-state index in [1.165, 1.54) is 12.1 Å². The Balaban J connectivity index is 2.89. The van der Waals surface area contributed by atoms with Crippen LogP contribution >= 0.6 is 0 Å². The molecule has 16 heavy (non-hydrogen) atoms. The minimum Gasteiger partial charge on any atom is -0.488 e. The molecular formula is C12H18FNO2. The van der Waals surface area contributed by atoms with Crippen LogP contribution in [0.1, 0.15) is 20.8 Å². The van der Waals surface area contributed by atoms with Gasteiger partial charge in [0.05, 0.1) is 0 Å². The highest BCUT2D eigenvalue weighted by Crippen LogP contribution is 2.30. The maximum Gasteiger partial charge on any atom is 0.164 e. The molecule has 1 aromatic carbocycles. The van der Waals surface area contributed by atoms with Gasteiger partial charge in [-0.3, -0.25) is 0 Å². The fourth-order valence-electron chi connectivity index (χ4n) is 1.18. The summed E-state index contributed by atoms with van der Waals surface area (Å²) in [7, 11) is 0. The second-order valence-corrected chi connectivity index (χ2v) is 4.44. The third-order valence-electron chi connectivity index (χ3n) is 1.70. The summed E-state index contributed by atoms with van der Waals surface area (Å²) in [5.74, 6) is 0.566. The quantitative estimate of drug-likeness (QED) is 0.858. The van der Waals surface area contributed by atoms with Crippen LogP contribution in [0.2, 0.25) is 0 Å². The molecule has 90 valence electrons. The zero-order valence-electron chi connectivity index (χ0n) is 9.92. The van der Waals surface area contributed by atoms with Crippen LogP contribution in [-0.4, -0.2) is 18.8 Å². The van der Waals surface area contributed by atoms with Gasteiger partial charge in [0.15, 0.2) is 11.5 Å². The van der Waals surface area contributed by atoms with Crippen LogP contribution in [0, 0.1) is 5.82 Å². The topological polar surface area (TPSA) is 44.5 Å². The number of ether oxygens (including phenoxy) is 2. The normalized spacial score (nSPS) is 11.3. The van der Waals surface area contributed by atoms with Crippen molar-refractivity contribution in [1.82, 2.24) is 0 Å². The minimum absolute atomic E-state index is 0.337. The lowest BCUT2D eigenvalue weighted by Crippen LogP contribution is -2.23. The molecule has 0 aliphatic rings. The maximum absolute atomic E-state index is 13.0. The van der Waals surface area contributed by atoms with Crippen molar-refractivity contribution >= 4 is 0 Å². The van der Waals surface area contributed by atoms with E-state index < -0.39 is 0 Å². The van der Waals surface area contributed by atoms with E-state index in [1.54, 1.807) is 6.07 Å². The molecule has 0 saturated carbocycles. The van der Waals surface area contributed by atoms with Gasteiger partial charge in [-0.2, -0.15) is 0 Å². The summed E-state index contributed by atoms with van der Waals surface area (Å²) in [6, 6.07) is 4.21. The van der Waals surface area contributed by atoms with Crippen LogP contribution in [-0.2, 0) is 0 Å². The van der Waals surface area contributed by atoms with E-state index in [9.17, 15) is 4.39 Å². The molecule has 0 spiro atoms. The summed E-state index contributed by atoms with van der Waals surface area (Å²) < 4.78 is 24.0. The largest absolute Gasteiger partial charge is 0.488 e. The van der Waals surface area contributed by atoms with Crippen molar-refractivity contribution in [3.05, 3.63) is 24.0 Å². The first kappa shape index (κ1) is 12.8. The van der Waals surface area contributed by atoms with Crippen LogP contribution in [0.5, 0.6) is 11.5 Å². The van der Waals surface area contributed by atoms with Crippen molar-refractivity contribution in [3.8, 4) is 11.5 Å². The lowest BCUT2D eigenvalue weighted by Gasteiger charge is -2.23. The van der Waals surface area contributed by atoms with Gasteiger partial charge in [0.2, 0.25) is 0 Å². The molecule has 0 amide bonds. The Morgan fingerprint density at radius 3 is 2.50 bits per heavy atom. The Labute approximate surface area is 95.4 Å². The van der Waals surface area contributed by atoms with E-state index in [0.29, 0.717) is 24.7 Å². The monoisotopic (exact) mass is 227 g/mol. The first-order valence-electron chi connectivity index (χ1n) is 5.24. The molecule has 1 rings (SSSR count). The van der Waals surface area contributed by atoms with Crippen LogP contribution in [0.15, 0.2) is 18.2 Å². The molecule has 3 nitrogen and oxygen atoms in total. The van der Waals surface area contributed by atoms with E-state index in [1.807, 2.05) is 20.8 Å². The highest BCUT2D eigenvalue weighted by molar-refractivity contribution is 5.40. The van der Waals surface area contributed by atoms with E-state index in [2.05, 4.69) is 0 Å². The molecule has 0 unspecified atom stereocenters. The van der Waals surface area contributed by atoms with Crippen LogP contribution < -0.4 is 15.2 Å². The van der Waals surface area contributed by atoms with E-state index in [0.717, 1.165) is 0 Å². The Morgan fingerprint density at radius 2 is 1.94 bits per heavy atom. The lowest BCUT2D eigenvalue weighted by atomic mass is 10.2. The first-order chi connectivity index (χ1) is 7.42. The van der Waals surface area contributed by atoms with Crippen LogP contribution in [0.3, 0.4) is 0 Å². The summed E-state index contributed by atoms with van der Waals surface area (Å²) >= 11 is 0. The summed E-state index contributed by atoms with van der Waals surface area (Å²) in [5.41, 5.74) is 4.98. The molecule has 1 aromatic rings. The molecular weight excluding hydrogens is 209 g/mol. The highest BCUT2D eigenvalue weighted by Gasteiger charge is 2.15. The van der Waals surface area contributed by atoms with E-state index >= 15 is 0 Å². The standard InChI is InChI=1S/C12H18FNO2/c1-12(2,3)16-10-5-4-9(13)8-11(10)15-7-6-14/h4-5,8H,6-7,14H2,1-3H3. The van der Waals surface area contributed by atoms with Gasteiger partial charge in [-0.1, -0.05) is 0 Å². The molecule has 0 radical (unpaired) electrons. The first-order valence-corrected chi connectivity index (χ1v) is 5.24. The molecule has 0 bridgehead atoms. The Hall–Kier alpha value is -1.29. The average Bonchev–Trinajstić information content (AvgIpc) is 2.16. The van der Waals surface area contributed by atoms with Crippen LogP contribution in [0.4, 0.5) is 4.39 Å². The molecule has 0 atom stereocenters. The van der Waals surface area contributed by atoms with Gasteiger partial charge < -0.3 is 15.2 Å². The van der Waals surface area contributed by atoms with Crippen molar-refractivity contribution in [2.24, 2.45) is 5.73 Å². The van der Waals surface area contributed by atoms with E-state index in [4.69, 9.17) is 15.2 Å². The molecule has 0 aromatic heterocycles. The van der Waals surface area contributed by atoms with Crippen molar-refractivity contribution < 1.29 is 13.9 Å². The van der Waals surface area contributed by atoms with Crippen molar-refractivity contribution in [2.45, 2.75) is 26.4 Å². The van der Waals surface area contributed by atoms with Gasteiger partial charge in [-0.25, -0.2) is 4.39 Å². The number of halogens is 1. The van der Waals surface area contributed by atoms with E-state index in [-0.39, 0.29) is 11.4 Å². The SMILES string of the molecule is CC(C)(C)Oc1ccc(F)cc1OCCN. The van der Waals surface area contributed by atoms with Gasteiger partial charge in [-0.05, 0) is 32.9 Å². The third kappa shape index (κ3) is 4.06. The predicted octanol–water partition coefficient (Wildman–Crippen LogP) is 2.34. The van der Waals surface area contributed by atoms with Gasteiger partial charge in [-0.15, -0.1) is 0 Å². The molecule has 0 saturated heterocycles. The number of hydrogen-bond donors (Lipinski definition) is 1. The number of rotatable bonds is 4. The van der Waals surface area contributed by atoms with Gasteiger partial charge in [0.1, 0.15) is 18.0 Å². The fourth-order valence-corrected chi connectivity index (χ4v) is 1.18. The van der Waals surface area contributed by atoms with Crippen LogP contribution in [0.25, 0.3) is 0 Å². The number of nitrogens with two attached hydrogens (primary N) is 1. The van der Waals surface area contributed by atoms with Gasteiger partial charge >= 0.3 is 0 Å². The molecule has 0 aliphatic heterocycles. The molecule has 2 N–H and O–H groups in total. The minimum atomic E-state index is -0.353. The Morgan fingerprint density at radius 1 is 1.25 bits per heavy atom. The van der Waals surface area contributed by atoms with Crippen molar-refractivity contribution in [1.29, 1.82) is 0 Å². The Bertz CT molecular complexity index is 347. The summed E-state index contributed by atoms with van der Waals surface area (Å²) in [6.45, 7) is 6.48. The molecule has 0 fully saturated rings. The summed E-state index contributed by atoms with van der Waals surface area (Å²) in [5, 5.41) is 0. The third-order valence-corrected chi connectivity index (χ3v) is 1.70. The zero-order valence-corrected chi connectivity index (χ0v) is 9.92. The zero-order chi connectivity index (χ0) is 12.2. The summed E-state index contributed by atoms with van der Waals surface area (Å²) in [6.07, 6.45) is 0. The predicted molar refractivity (Wildman–Crippen MR) is 61.3 cm³/mol. The second-order valence-electron chi connectivity index (χ2n) is 4.44. The number of hydrogen-bond acceptors (Lipinski definition) is 3. The molecule has 0 aliphatic carbocycles. The summed E-state index contributed by atoms with van der Waals surface area (Å²) in [4.78, 5) is 0. The van der Waals surface area contributed by atoms with Crippen molar-refractivity contribution in [2.75, 3.05) is 13.2 Å². The van der Waals surface area contributed by atoms with Gasteiger partial charge in [0.25, 0.3) is 0 Å². The highest BCUT2D eigenvalue weighted by atomic mass is 19.1. The fraction of sp³-hybridized carbons (Fsp3) is 0.500. The average molecular weight is 227 g/mol. The van der Waals surface area contributed by atoms with Gasteiger partial charge in [0, 0.05) is 12.6 Å². The maximum atomic E-state index is 13.0. The Kier molecular flexibility index (Phi) is 4.12. The second kappa shape index (κ2) is 5.16. The number of benzene rings is 1. The smallest absolute Gasteiger partial charge is 0.164 e. The van der Waals surface area contributed by atoms with Crippen molar-refractivity contribution in [3.63, 3.8) is 0 Å². The molecule has 4 heteroatoms. The molecule has 0 heterocycles.